The van der Waals surface area contributed by atoms with Crippen LogP contribution in [0.4, 0.5) is 11.4 Å². The Balaban J connectivity index is 1.97. The molecule has 0 bridgehead atoms. The van der Waals surface area contributed by atoms with E-state index in [1.54, 1.807) is 0 Å². The summed E-state index contributed by atoms with van der Waals surface area (Å²) >= 11 is 0. The van der Waals surface area contributed by atoms with Crippen LogP contribution < -0.4 is 10.6 Å². The first-order valence-corrected chi connectivity index (χ1v) is 7.73. The van der Waals surface area contributed by atoms with Crippen molar-refractivity contribution in [3.63, 3.8) is 0 Å². The Hall–Kier alpha value is -2.29. The van der Waals surface area contributed by atoms with Crippen LogP contribution in [0.25, 0.3) is 0 Å². The van der Waals surface area contributed by atoms with Gasteiger partial charge in [0.25, 0.3) is 0 Å². The fourth-order valence-electron chi connectivity index (χ4n) is 2.22. The Kier molecular flexibility index (Phi) is 5.21. The molecule has 0 aliphatic heterocycles. The lowest BCUT2D eigenvalue weighted by atomic mass is 10.1. The number of carbonyl (C=O) groups excluding carboxylic acids is 1. The molecule has 0 unspecified atom stereocenters. The van der Waals surface area contributed by atoms with Crippen molar-refractivity contribution >= 4 is 17.3 Å². The average molecular weight is 296 g/mol. The van der Waals surface area contributed by atoms with Crippen molar-refractivity contribution in [2.75, 3.05) is 10.6 Å². The predicted octanol–water partition coefficient (Wildman–Crippen LogP) is 4.30. The van der Waals surface area contributed by atoms with E-state index >= 15 is 0 Å². The highest BCUT2D eigenvalue weighted by molar-refractivity contribution is 5.96. The predicted molar refractivity (Wildman–Crippen MR) is 93.5 cm³/mol. The maximum atomic E-state index is 12.2. The number of benzene rings is 2. The van der Waals surface area contributed by atoms with E-state index in [9.17, 15) is 4.79 Å². The largest absolute Gasteiger partial charge is 0.374 e. The minimum Gasteiger partial charge on any atom is -0.374 e. The Bertz CT molecular complexity index is 647. The SMILES string of the molecule is CCc1ccc(NC(=O)[C@@H](C)Nc2ccc(C)c(C)c2)cc1. The van der Waals surface area contributed by atoms with E-state index < -0.39 is 0 Å². The van der Waals surface area contributed by atoms with E-state index in [2.05, 4.69) is 43.5 Å². The number of aryl methyl sites for hydroxylation is 3. The molecule has 3 heteroatoms. The average Bonchev–Trinajstić information content (AvgIpc) is 2.51. The lowest BCUT2D eigenvalue weighted by Crippen LogP contribution is -2.31. The first kappa shape index (κ1) is 16.1. The highest BCUT2D eigenvalue weighted by atomic mass is 16.2. The number of rotatable bonds is 5. The minimum absolute atomic E-state index is 0.0394. The summed E-state index contributed by atoms with van der Waals surface area (Å²) in [7, 11) is 0. The third kappa shape index (κ3) is 4.10. The van der Waals surface area contributed by atoms with E-state index in [1.165, 1.54) is 16.7 Å². The van der Waals surface area contributed by atoms with Gasteiger partial charge in [0, 0.05) is 11.4 Å². The van der Waals surface area contributed by atoms with E-state index in [1.807, 2.05) is 37.3 Å². The van der Waals surface area contributed by atoms with Gasteiger partial charge >= 0.3 is 0 Å². The molecule has 22 heavy (non-hydrogen) atoms. The Morgan fingerprint density at radius 3 is 2.23 bits per heavy atom. The molecule has 1 atom stereocenters. The van der Waals surface area contributed by atoms with Gasteiger partial charge in [0.05, 0.1) is 0 Å². The van der Waals surface area contributed by atoms with Crippen molar-refractivity contribution in [1.29, 1.82) is 0 Å². The van der Waals surface area contributed by atoms with Crippen LogP contribution >= 0.6 is 0 Å². The second-order valence-electron chi connectivity index (χ2n) is 5.70. The second kappa shape index (κ2) is 7.12. The molecule has 2 N–H and O–H groups in total. The summed E-state index contributed by atoms with van der Waals surface area (Å²) in [5, 5.41) is 6.18. The molecule has 0 aromatic heterocycles. The van der Waals surface area contributed by atoms with Gasteiger partial charge in [-0.2, -0.15) is 0 Å². The molecule has 0 radical (unpaired) electrons. The molecule has 116 valence electrons. The molecule has 0 heterocycles. The Labute approximate surface area is 132 Å². The minimum atomic E-state index is -0.298. The number of hydrogen-bond acceptors (Lipinski definition) is 2. The summed E-state index contributed by atoms with van der Waals surface area (Å²) in [5.41, 5.74) is 5.52. The molecule has 2 aromatic carbocycles. The van der Waals surface area contributed by atoms with Crippen LogP contribution in [0.2, 0.25) is 0 Å². The van der Waals surface area contributed by atoms with Crippen LogP contribution in [0.5, 0.6) is 0 Å². The van der Waals surface area contributed by atoms with Crippen molar-refractivity contribution in [2.24, 2.45) is 0 Å². The van der Waals surface area contributed by atoms with Crippen LogP contribution in [0.3, 0.4) is 0 Å². The Morgan fingerprint density at radius 1 is 1.00 bits per heavy atom. The molecule has 0 aliphatic carbocycles. The monoisotopic (exact) mass is 296 g/mol. The summed E-state index contributed by atoms with van der Waals surface area (Å²) in [5.74, 6) is -0.0394. The molecular formula is C19H24N2O. The number of hydrogen-bond donors (Lipinski definition) is 2. The van der Waals surface area contributed by atoms with Gasteiger partial charge < -0.3 is 10.6 Å². The maximum Gasteiger partial charge on any atom is 0.246 e. The van der Waals surface area contributed by atoms with Crippen LogP contribution in [0, 0.1) is 13.8 Å². The van der Waals surface area contributed by atoms with Gasteiger partial charge in [0.15, 0.2) is 0 Å². The van der Waals surface area contributed by atoms with Gasteiger partial charge in [-0.3, -0.25) is 4.79 Å². The number of anilines is 2. The lowest BCUT2D eigenvalue weighted by molar-refractivity contribution is -0.116. The molecule has 1 amide bonds. The van der Waals surface area contributed by atoms with Gasteiger partial charge in [0.2, 0.25) is 5.91 Å². The van der Waals surface area contributed by atoms with Gasteiger partial charge in [-0.25, -0.2) is 0 Å². The van der Waals surface area contributed by atoms with Gasteiger partial charge in [-0.1, -0.05) is 25.1 Å². The maximum absolute atomic E-state index is 12.2. The van der Waals surface area contributed by atoms with Crippen LogP contribution in [0.1, 0.15) is 30.5 Å². The highest BCUT2D eigenvalue weighted by Gasteiger charge is 2.13. The zero-order valence-electron chi connectivity index (χ0n) is 13.7. The van der Waals surface area contributed by atoms with Crippen molar-refractivity contribution < 1.29 is 4.79 Å². The normalized spacial score (nSPS) is 11.8. The van der Waals surface area contributed by atoms with Crippen LogP contribution in [-0.4, -0.2) is 11.9 Å². The number of nitrogens with one attached hydrogen (secondary N) is 2. The number of carbonyl (C=O) groups is 1. The molecule has 0 fully saturated rings. The zero-order valence-corrected chi connectivity index (χ0v) is 13.7. The highest BCUT2D eigenvalue weighted by Crippen LogP contribution is 2.16. The fourth-order valence-corrected chi connectivity index (χ4v) is 2.22. The van der Waals surface area contributed by atoms with E-state index in [0.717, 1.165) is 17.8 Å². The van der Waals surface area contributed by atoms with Crippen LogP contribution in [-0.2, 0) is 11.2 Å². The molecule has 2 aromatic rings. The van der Waals surface area contributed by atoms with Crippen molar-refractivity contribution in [3.05, 3.63) is 59.2 Å². The zero-order chi connectivity index (χ0) is 16.1. The first-order valence-electron chi connectivity index (χ1n) is 7.73. The number of amides is 1. The first-order chi connectivity index (χ1) is 10.5. The van der Waals surface area contributed by atoms with Crippen molar-refractivity contribution in [1.82, 2.24) is 0 Å². The summed E-state index contributed by atoms with van der Waals surface area (Å²) in [6, 6.07) is 13.8. The molecular weight excluding hydrogens is 272 g/mol. The van der Waals surface area contributed by atoms with E-state index in [-0.39, 0.29) is 11.9 Å². The summed E-state index contributed by atoms with van der Waals surface area (Å²) in [6.45, 7) is 8.13. The molecule has 0 spiro atoms. The fraction of sp³-hybridized carbons (Fsp3) is 0.316. The molecule has 0 saturated carbocycles. The van der Waals surface area contributed by atoms with Gasteiger partial charge in [-0.15, -0.1) is 0 Å². The third-order valence-electron chi connectivity index (χ3n) is 3.91. The molecule has 0 saturated heterocycles. The molecule has 3 nitrogen and oxygen atoms in total. The van der Waals surface area contributed by atoms with Crippen molar-refractivity contribution in [2.45, 2.75) is 40.2 Å². The summed E-state index contributed by atoms with van der Waals surface area (Å²) < 4.78 is 0. The standard InChI is InChI=1S/C19H24N2O/c1-5-16-7-10-17(11-8-16)21-19(22)15(4)20-18-9-6-13(2)14(3)12-18/h6-12,15,20H,5H2,1-4H3,(H,21,22)/t15-/m1/s1. The quantitative estimate of drug-likeness (QED) is 0.863. The van der Waals surface area contributed by atoms with Crippen LogP contribution in [0.15, 0.2) is 42.5 Å². The topological polar surface area (TPSA) is 41.1 Å². The third-order valence-corrected chi connectivity index (χ3v) is 3.91. The van der Waals surface area contributed by atoms with E-state index in [4.69, 9.17) is 0 Å². The Morgan fingerprint density at radius 2 is 1.64 bits per heavy atom. The van der Waals surface area contributed by atoms with Crippen molar-refractivity contribution in [3.8, 4) is 0 Å². The van der Waals surface area contributed by atoms with E-state index in [0.29, 0.717) is 0 Å². The lowest BCUT2D eigenvalue weighted by Gasteiger charge is -2.16. The summed E-state index contributed by atoms with van der Waals surface area (Å²) in [6.07, 6.45) is 0.999. The summed E-state index contributed by atoms with van der Waals surface area (Å²) in [4.78, 5) is 12.2. The molecule has 0 aliphatic rings. The second-order valence-corrected chi connectivity index (χ2v) is 5.70. The molecule has 2 rings (SSSR count). The smallest absolute Gasteiger partial charge is 0.246 e. The van der Waals surface area contributed by atoms with Gasteiger partial charge in [0.1, 0.15) is 6.04 Å². The van der Waals surface area contributed by atoms with Gasteiger partial charge in [-0.05, 0) is 68.1 Å².